The van der Waals surface area contributed by atoms with Crippen LogP contribution in [0.25, 0.3) is 10.9 Å². The van der Waals surface area contributed by atoms with E-state index >= 15 is 0 Å². The van der Waals surface area contributed by atoms with E-state index < -0.39 is 0 Å². The molecule has 0 aliphatic carbocycles. The molecule has 0 radical (unpaired) electrons. The molecule has 96 valence electrons. The average Bonchev–Trinajstić information content (AvgIpc) is 2.65. The quantitative estimate of drug-likeness (QED) is 0.610. The number of rotatable bonds is 5. The Morgan fingerprint density at radius 3 is 2.94 bits per heavy atom. The number of hydrogen-bond donors (Lipinski definition) is 2. The average molecular weight is 244 g/mol. The van der Waals surface area contributed by atoms with Crippen molar-refractivity contribution >= 4 is 17.1 Å². The third kappa shape index (κ3) is 2.73. The SMILES string of the molecule is CCCCCN=Cc1c(O)[nH]c2ccc(C)cc12. The van der Waals surface area contributed by atoms with Crippen molar-refractivity contribution in [1.82, 2.24) is 4.98 Å². The van der Waals surface area contributed by atoms with Crippen LogP contribution in [-0.4, -0.2) is 22.8 Å². The fourth-order valence-electron chi connectivity index (χ4n) is 2.05. The molecule has 0 atom stereocenters. The van der Waals surface area contributed by atoms with Crippen LogP contribution < -0.4 is 0 Å². The highest BCUT2D eigenvalue weighted by Crippen LogP contribution is 2.26. The highest BCUT2D eigenvalue weighted by atomic mass is 16.3. The lowest BCUT2D eigenvalue weighted by molar-refractivity contribution is 0.457. The normalized spacial score (nSPS) is 11.7. The first-order valence-corrected chi connectivity index (χ1v) is 6.53. The van der Waals surface area contributed by atoms with Gasteiger partial charge in [0.15, 0.2) is 5.88 Å². The Kier molecular flexibility index (Phi) is 4.03. The summed E-state index contributed by atoms with van der Waals surface area (Å²) in [6, 6.07) is 6.08. The number of aliphatic imine (C=N–C) groups is 1. The third-order valence-corrected chi connectivity index (χ3v) is 3.08. The van der Waals surface area contributed by atoms with E-state index in [1.807, 2.05) is 19.1 Å². The topological polar surface area (TPSA) is 48.4 Å². The van der Waals surface area contributed by atoms with Gasteiger partial charge in [0.25, 0.3) is 0 Å². The predicted molar refractivity (Wildman–Crippen MR) is 76.7 cm³/mol. The lowest BCUT2D eigenvalue weighted by Gasteiger charge is -1.95. The molecule has 2 rings (SSSR count). The van der Waals surface area contributed by atoms with Crippen molar-refractivity contribution in [2.24, 2.45) is 4.99 Å². The van der Waals surface area contributed by atoms with Crippen LogP contribution >= 0.6 is 0 Å². The van der Waals surface area contributed by atoms with Gasteiger partial charge >= 0.3 is 0 Å². The minimum absolute atomic E-state index is 0.204. The van der Waals surface area contributed by atoms with E-state index in [9.17, 15) is 5.11 Å². The summed E-state index contributed by atoms with van der Waals surface area (Å²) >= 11 is 0. The summed E-state index contributed by atoms with van der Waals surface area (Å²) in [6.45, 7) is 5.05. The summed E-state index contributed by atoms with van der Waals surface area (Å²) in [7, 11) is 0. The first kappa shape index (κ1) is 12.7. The summed E-state index contributed by atoms with van der Waals surface area (Å²) in [5.74, 6) is 0.204. The molecule has 0 aliphatic rings. The Hall–Kier alpha value is -1.77. The Bertz CT molecular complexity index is 555. The molecule has 3 heteroatoms. The Balaban J connectivity index is 2.21. The summed E-state index contributed by atoms with van der Waals surface area (Å²) in [5.41, 5.74) is 2.93. The van der Waals surface area contributed by atoms with E-state index in [1.165, 1.54) is 18.4 Å². The second kappa shape index (κ2) is 5.71. The zero-order valence-electron chi connectivity index (χ0n) is 11.0. The van der Waals surface area contributed by atoms with Gasteiger partial charge in [-0.05, 0) is 25.5 Å². The molecule has 0 fully saturated rings. The van der Waals surface area contributed by atoms with Gasteiger partial charge in [-0.3, -0.25) is 4.99 Å². The van der Waals surface area contributed by atoms with Crippen LogP contribution in [0.3, 0.4) is 0 Å². The van der Waals surface area contributed by atoms with Crippen molar-refractivity contribution in [3.8, 4) is 5.88 Å². The lowest BCUT2D eigenvalue weighted by Crippen LogP contribution is -1.85. The molecule has 3 nitrogen and oxygen atoms in total. The predicted octanol–water partition coefficient (Wildman–Crippen LogP) is 3.79. The van der Waals surface area contributed by atoms with Crippen molar-refractivity contribution in [3.05, 3.63) is 29.3 Å². The molecule has 2 aromatic rings. The summed E-state index contributed by atoms with van der Waals surface area (Å²) in [5, 5.41) is 10.9. The van der Waals surface area contributed by atoms with Gasteiger partial charge in [-0.25, -0.2) is 0 Å². The number of H-pyrrole nitrogens is 1. The van der Waals surface area contributed by atoms with Crippen molar-refractivity contribution < 1.29 is 5.11 Å². The van der Waals surface area contributed by atoms with Crippen LogP contribution in [0.15, 0.2) is 23.2 Å². The maximum atomic E-state index is 9.88. The van der Waals surface area contributed by atoms with Crippen LogP contribution in [0, 0.1) is 6.92 Å². The number of aryl methyl sites for hydroxylation is 1. The smallest absolute Gasteiger partial charge is 0.198 e. The van der Waals surface area contributed by atoms with Crippen molar-refractivity contribution in [2.45, 2.75) is 33.1 Å². The van der Waals surface area contributed by atoms with Gasteiger partial charge in [-0.15, -0.1) is 0 Å². The number of nitrogens with zero attached hydrogens (tertiary/aromatic N) is 1. The van der Waals surface area contributed by atoms with E-state index in [0.717, 1.165) is 29.4 Å². The highest BCUT2D eigenvalue weighted by molar-refractivity contribution is 6.02. The molecule has 0 unspecified atom stereocenters. The molecule has 0 bridgehead atoms. The molecule has 1 aromatic heterocycles. The second-order valence-corrected chi connectivity index (χ2v) is 4.68. The lowest BCUT2D eigenvalue weighted by atomic mass is 10.1. The molecule has 0 aliphatic heterocycles. The minimum atomic E-state index is 0.204. The molecular weight excluding hydrogens is 224 g/mol. The van der Waals surface area contributed by atoms with Gasteiger partial charge in [-0.1, -0.05) is 31.4 Å². The molecule has 0 amide bonds. The number of aromatic hydroxyl groups is 1. The van der Waals surface area contributed by atoms with E-state index in [1.54, 1.807) is 6.21 Å². The zero-order chi connectivity index (χ0) is 13.0. The van der Waals surface area contributed by atoms with Crippen LogP contribution in [0.1, 0.15) is 37.3 Å². The first-order chi connectivity index (χ1) is 8.72. The fraction of sp³-hybridized carbons (Fsp3) is 0.400. The van der Waals surface area contributed by atoms with E-state index in [2.05, 4.69) is 23.0 Å². The number of nitrogens with one attached hydrogen (secondary N) is 1. The van der Waals surface area contributed by atoms with Gasteiger partial charge in [0.1, 0.15) is 0 Å². The van der Waals surface area contributed by atoms with Crippen LogP contribution in [0.5, 0.6) is 5.88 Å². The van der Waals surface area contributed by atoms with Gasteiger partial charge in [0.2, 0.25) is 0 Å². The Morgan fingerprint density at radius 1 is 1.33 bits per heavy atom. The van der Waals surface area contributed by atoms with Crippen molar-refractivity contribution in [1.29, 1.82) is 0 Å². The Labute approximate surface area is 108 Å². The molecule has 1 aromatic carbocycles. The van der Waals surface area contributed by atoms with Crippen molar-refractivity contribution in [3.63, 3.8) is 0 Å². The van der Waals surface area contributed by atoms with Crippen LogP contribution in [0.4, 0.5) is 0 Å². The van der Waals surface area contributed by atoms with E-state index in [4.69, 9.17) is 0 Å². The fourth-order valence-corrected chi connectivity index (χ4v) is 2.05. The maximum absolute atomic E-state index is 9.88. The van der Waals surface area contributed by atoms with E-state index in [0.29, 0.717) is 0 Å². The molecule has 0 spiro atoms. The summed E-state index contributed by atoms with van der Waals surface area (Å²) < 4.78 is 0. The van der Waals surface area contributed by atoms with Gasteiger partial charge < -0.3 is 10.1 Å². The summed E-state index contributed by atoms with van der Waals surface area (Å²) in [6.07, 6.45) is 5.29. The maximum Gasteiger partial charge on any atom is 0.198 e. The first-order valence-electron chi connectivity index (χ1n) is 6.53. The highest BCUT2D eigenvalue weighted by Gasteiger charge is 2.08. The molecule has 1 heterocycles. The zero-order valence-corrected chi connectivity index (χ0v) is 11.0. The van der Waals surface area contributed by atoms with Gasteiger partial charge in [0.05, 0.1) is 5.56 Å². The second-order valence-electron chi connectivity index (χ2n) is 4.68. The van der Waals surface area contributed by atoms with Gasteiger partial charge in [0, 0.05) is 23.7 Å². The van der Waals surface area contributed by atoms with Crippen LogP contribution in [0.2, 0.25) is 0 Å². The monoisotopic (exact) mass is 244 g/mol. The molecule has 0 saturated carbocycles. The summed E-state index contributed by atoms with van der Waals surface area (Å²) in [4.78, 5) is 7.36. The molecule has 2 N–H and O–H groups in total. The number of fused-ring (bicyclic) bond motifs is 1. The standard InChI is InChI=1S/C15H20N2O/c1-3-4-5-8-16-10-13-12-9-11(2)6-7-14(12)17-15(13)18/h6-7,9-10,17-18H,3-5,8H2,1-2H3. The number of unbranched alkanes of at least 4 members (excludes halogenated alkanes) is 2. The number of benzene rings is 1. The molecular formula is C15H20N2O. The minimum Gasteiger partial charge on any atom is -0.494 e. The third-order valence-electron chi connectivity index (χ3n) is 3.08. The van der Waals surface area contributed by atoms with E-state index in [-0.39, 0.29) is 5.88 Å². The Morgan fingerprint density at radius 2 is 2.17 bits per heavy atom. The number of hydrogen-bond acceptors (Lipinski definition) is 2. The largest absolute Gasteiger partial charge is 0.494 e. The van der Waals surface area contributed by atoms with Crippen LogP contribution in [-0.2, 0) is 0 Å². The number of aromatic amines is 1. The molecule has 18 heavy (non-hydrogen) atoms. The van der Waals surface area contributed by atoms with Crippen molar-refractivity contribution in [2.75, 3.05) is 6.54 Å². The molecule has 0 saturated heterocycles. The number of aromatic nitrogens is 1. The van der Waals surface area contributed by atoms with Gasteiger partial charge in [-0.2, -0.15) is 0 Å².